The molecule has 1 unspecified atom stereocenters. The van der Waals surface area contributed by atoms with Crippen LogP contribution in [0, 0.1) is 12.3 Å². The highest BCUT2D eigenvalue weighted by Crippen LogP contribution is 2.33. The van der Waals surface area contributed by atoms with Crippen LogP contribution in [0.25, 0.3) is 0 Å². The van der Waals surface area contributed by atoms with Crippen LogP contribution in [0.3, 0.4) is 0 Å². The lowest BCUT2D eigenvalue weighted by molar-refractivity contribution is 0.465. The molecule has 0 saturated carbocycles. The average Bonchev–Trinajstić information content (AvgIpc) is 3.17. The fourth-order valence-electron chi connectivity index (χ4n) is 2.95. The number of H-pyrrole nitrogens is 1. The summed E-state index contributed by atoms with van der Waals surface area (Å²) < 4.78 is 0. The predicted molar refractivity (Wildman–Crippen MR) is 104 cm³/mol. The summed E-state index contributed by atoms with van der Waals surface area (Å²) in [6.45, 7) is 6.43. The number of aryl methyl sites for hydroxylation is 1. The molecule has 0 spiro atoms. The zero-order chi connectivity index (χ0) is 18.5. The first-order valence-electron chi connectivity index (χ1n) is 8.42. The Balaban J connectivity index is 1.83. The van der Waals surface area contributed by atoms with Crippen LogP contribution in [0.15, 0.2) is 67.6 Å². The van der Waals surface area contributed by atoms with Crippen LogP contribution in [0.5, 0.6) is 5.75 Å². The molecule has 0 fully saturated rings. The Bertz CT molecular complexity index is 916. The van der Waals surface area contributed by atoms with E-state index in [-0.39, 0.29) is 17.5 Å². The molecule has 1 heterocycles. The molecular formula is C21H22N4O. The second-order valence-corrected chi connectivity index (χ2v) is 6.11. The van der Waals surface area contributed by atoms with E-state index < -0.39 is 0 Å². The number of amidine groups is 1. The Morgan fingerprint density at radius 2 is 2.12 bits per heavy atom. The van der Waals surface area contributed by atoms with Crippen LogP contribution in [0.2, 0.25) is 0 Å². The lowest BCUT2D eigenvalue weighted by atomic mass is 9.93. The van der Waals surface area contributed by atoms with Crippen molar-refractivity contribution in [2.75, 3.05) is 0 Å². The molecule has 26 heavy (non-hydrogen) atoms. The zero-order valence-electron chi connectivity index (χ0n) is 14.7. The van der Waals surface area contributed by atoms with Crippen molar-refractivity contribution in [1.29, 1.82) is 5.41 Å². The van der Waals surface area contributed by atoms with Gasteiger partial charge in [-0.05, 0) is 24.1 Å². The van der Waals surface area contributed by atoms with Crippen LogP contribution in [-0.4, -0.2) is 20.9 Å². The van der Waals surface area contributed by atoms with Crippen molar-refractivity contribution in [1.82, 2.24) is 15.3 Å². The van der Waals surface area contributed by atoms with Crippen LogP contribution in [0.4, 0.5) is 0 Å². The van der Waals surface area contributed by atoms with E-state index in [9.17, 15) is 5.11 Å². The van der Waals surface area contributed by atoms with Gasteiger partial charge >= 0.3 is 0 Å². The minimum Gasteiger partial charge on any atom is -0.507 e. The molecule has 0 amide bonds. The minimum atomic E-state index is -0.245. The number of phenols is 1. The third kappa shape index (κ3) is 3.52. The van der Waals surface area contributed by atoms with E-state index >= 15 is 0 Å². The fraction of sp³-hybridized carbons (Fsp3) is 0.143. The molecule has 5 nitrogen and oxygen atoms in total. The Hall–Kier alpha value is -3.34. The summed E-state index contributed by atoms with van der Waals surface area (Å²) in [5.41, 5.74) is 4.18. The van der Waals surface area contributed by atoms with E-state index in [1.807, 2.05) is 43.3 Å². The number of aromatic nitrogens is 2. The second-order valence-electron chi connectivity index (χ2n) is 6.11. The van der Waals surface area contributed by atoms with Crippen molar-refractivity contribution in [3.8, 4) is 5.75 Å². The average molecular weight is 346 g/mol. The van der Waals surface area contributed by atoms with Gasteiger partial charge in [0.1, 0.15) is 11.6 Å². The molecule has 132 valence electrons. The summed E-state index contributed by atoms with van der Waals surface area (Å²) in [7, 11) is 0. The minimum absolute atomic E-state index is 0.0719. The van der Waals surface area contributed by atoms with Gasteiger partial charge in [-0.2, -0.15) is 0 Å². The van der Waals surface area contributed by atoms with E-state index in [0.29, 0.717) is 17.7 Å². The number of phenolic OH excluding ortho intramolecular Hbond substituents is 1. The summed E-state index contributed by atoms with van der Waals surface area (Å²) in [5.74, 6) is 0.00509. The number of para-hydroxylation sites is 1. The maximum atomic E-state index is 10.7. The maximum Gasteiger partial charge on any atom is 0.130 e. The number of nitrogens with one attached hydrogen (secondary N) is 3. The van der Waals surface area contributed by atoms with Gasteiger partial charge in [0, 0.05) is 24.2 Å². The number of aromatic hydroxyl groups is 1. The van der Waals surface area contributed by atoms with Gasteiger partial charge in [0.2, 0.25) is 0 Å². The molecular weight excluding hydrogens is 324 g/mol. The highest BCUT2D eigenvalue weighted by molar-refractivity contribution is 5.99. The van der Waals surface area contributed by atoms with E-state index in [1.165, 1.54) is 0 Å². The number of rotatable bonds is 6. The number of hydrogen-bond donors (Lipinski definition) is 4. The van der Waals surface area contributed by atoms with Gasteiger partial charge in [-0.15, -0.1) is 6.58 Å². The quantitative estimate of drug-likeness (QED) is 0.311. The second kappa shape index (κ2) is 7.70. The summed E-state index contributed by atoms with van der Waals surface area (Å²) in [6.07, 6.45) is 5.11. The van der Waals surface area contributed by atoms with Crippen LogP contribution < -0.4 is 5.32 Å². The lowest BCUT2D eigenvalue weighted by Crippen LogP contribution is -2.23. The fourth-order valence-corrected chi connectivity index (χ4v) is 2.95. The molecule has 1 aromatic heterocycles. The number of hydrogen-bond acceptors (Lipinski definition) is 3. The predicted octanol–water partition coefficient (Wildman–Crippen LogP) is 3.86. The first-order chi connectivity index (χ1) is 12.6. The van der Waals surface area contributed by atoms with E-state index in [2.05, 4.69) is 21.9 Å². The highest BCUT2D eigenvalue weighted by Gasteiger charge is 2.19. The Morgan fingerprint density at radius 3 is 2.81 bits per heavy atom. The molecule has 0 aliphatic rings. The molecule has 0 aliphatic heterocycles. The molecule has 1 atom stereocenters. The van der Waals surface area contributed by atoms with Crippen molar-refractivity contribution in [2.45, 2.75) is 19.4 Å². The Labute approximate surface area is 153 Å². The van der Waals surface area contributed by atoms with Gasteiger partial charge in [0.05, 0.1) is 17.6 Å². The van der Waals surface area contributed by atoms with Gasteiger partial charge in [-0.1, -0.05) is 42.5 Å². The Morgan fingerprint density at radius 1 is 1.31 bits per heavy atom. The van der Waals surface area contributed by atoms with Gasteiger partial charge in [0.25, 0.3) is 0 Å². The van der Waals surface area contributed by atoms with Crippen LogP contribution >= 0.6 is 0 Å². The molecule has 3 aromatic rings. The number of benzene rings is 2. The SMILES string of the molecule is C=CC(c1c[nH]cn1)c1cccc(C(=N)NCc2ccccc2C)c1O. The van der Waals surface area contributed by atoms with Gasteiger partial charge < -0.3 is 15.4 Å². The van der Waals surface area contributed by atoms with E-state index in [0.717, 1.165) is 16.8 Å². The third-order valence-electron chi connectivity index (χ3n) is 4.46. The van der Waals surface area contributed by atoms with Crippen LogP contribution in [-0.2, 0) is 6.54 Å². The largest absolute Gasteiger partial charge is 0.507 e. The summed E-state index contributed by atoms with van der Waals surface area (Å²) in [4.78, 5) is 7.18. The first-order valence-corrected chi connectivity index (χ1v) is 8.42. The van der Waals surface area contributed by atoms with Crippen molar-refractivity contribution in [3.63, 3.8) is 0 Å². The van der Waals surface area contributed by atoms with Crippen LogP contribution in [0.1, 0.15) is 33.9 Å². The van der Waals surface area contributed by atoms with Crippen molar-refractivity contribution >= 4 is 5.84 Å². The zero-order valence-corrected chi connectivity index (χ0v) is 14.7. The number of allylic oxidation sites excluding steroid dienone is 1. The number of imidazole rings is 1. The number of aromatic amines is 1. The standard InChI is InChI=1S/C21H22N4O/c1-3-16(19-12-23-13-25-19)17-9-6-10-18(20(17)26)21(22)24-11-15-8-5-4-7-14(15)2/h3-10,12-13,16,26H,1,11H2,2H3,(H2,22,24)(H,23,25). The van der Waals surface area contributed by atoms with Gasteiger partial charge in [-0.25, -0.2) is 4.98 Å². The topological polar surface area (TPSA) is 84.8 Å². The Kier molecular flexibility index (Phi) is 5.17. The van der Waals surface area contributed by atoms with Crippen molar-refractivity contribution in [3.05, 3.63) is 95.6 Å². The first kappa shape index (κ1) is 17.5. The lowest BCUT2D eigenvalue weighted by Gasteiger charge is -2.16. The molecule has 5 heteroatoms. The molecule has 0 bridgehead atoms. The summed E-state index contributed by atoms with van der Waals surface area (Å²) >= 11 is 0. The molecule has 3 rings (SSSR count). The molecule has 4 N–H and O–H groups in total. The molecule has 2 aromatic carbocycles. The summed E-state index contributed by atoms with van der Waals surface area (Å²) in [6, 6.07) is 13.4. The van der Waals surface area contributed by atoms with Gasteiger partial charge in [0.15, 0.2) is 0 Å². The summed E-state index contributed by atoms with van der Waals surface area (Å²) in [5, 5.41) is 22.2. The molecule has 0 aliphatic carbocycles. The number of nitrogens with zero attached hydrogens (tertiary/aromatic N) is 1. The smallest absolute Gasteiger partial charge is 0.130 e. The van der Waals surface area contributed by atoms with Crippen molar-refractivity contribution in [2.24, 2.45) is 0 Å². The highest BCUT2D eigenvalue weighted by atomic mass is 16.3. The molecule has 0 radical (unpaired) electrons. The normalized spacial score (nSPS) is 11.7. The van der Waals surface area contributed by atoms with E-state index in [1.54, 1.807) is 24.7 Å². The van der Waals surface area contributed by atoms with Crippen molar-refractivity contribution < 1.29 is 5.11 Å². The monoisotopic (exact) mass is 346 g/mol. The maximum absolute atomic E-state index is 10.7. The van der Waals surface area contributed by atoms with E-state index in [4.69, 9.17) is 5.41 Å². The van der Waals surface area contributed by atoms with Gasteiger partial charge in [-0.3, -0.25) is 5.41 Å². The third-order valence-corrected chi connectivity index (χ3v) is 4.46. The molecule has 0 saturated heterocycles.